The third kappa shape index (κ3) is 3.96. The van der Waals surface area contributed by atoms with Crippen molar-refractivity contribution in [2.45, 2.75) is 32.7 Å². The van der Waals surface area contributed by atoms with Crippen LogP contribution in [-0.4, -0.2) is 12.6 Å². The summed E-state index contributed by atoms with van der Waals surface area (Å²) in [4.78, 5) is 0. The molecule has 0 aromatic heterocycles. The second-order valence-corrected chi connectivity index (χ2v) is 4.74. The number of hydrogen-bond donors (Lipinski definition) is 1. The highest BCUT2D eigenvalue weighted by molar-refractivity contribution is 14.1. The predicted molar refractivity (Wildman–Crippen MR) is 70.6 cm³/mol. The predicted octanol–water partition coefficient (Wildman–Crippen LogP) is 3.22. The third-order valence-electron chi connectivity index (χ3n) is 2.38. The fourth-order valence-corrected chi connectivity index (χ4v) is 1.91. The molecule has 0 aliphatic heterocycles. The van der Waals surface area contributed by atoms with Crippen LogP contribution in [-0.2, 0) is 6.42 Å². The Bertz CT molecular complexity index is 256. The lowest BCUT2D eigenvalue weighted by Crippen LogP contribution is -2.30. The second kappa shape index (κ2) is 6.40. The Morgan fingerprint density at radius 3 is 2.36 bits per heavy atom. The van der Waals surface area contributed by atoms with Crippen molar-refractivity contribution in [2.75, 3.05) is 6.54 Å². The van der Waals surface area contributed by atoms with E-state index in [9.17, 15) is 0 Å². The molecule has 0 spiro atoms. The molecule has 1 atom stereocenters. The molecule has 0 heterocycles. The van der Waals surface area contributed by atoms with E-state index in [2.05, 4.69) is 66.0 Å². The van der Waals surface area contributed by atoms with Crippen LogP contribution in [0.4, 0.5) is 0 Å². The fraction of sp³-hybridized carbons (Fsp3) is 0.500. The quantitative estimate of drug-likeness (QED) is 0.824. The van der Waals surface area contributed by atoms with Crippen LogP contribution in [0, 0.1) is 3.57 Å². The lowest BCUT2D eigenvalue weighted by atomic mass is 10.0. The Morgan fingerprint density at radius 2 is 1.86 bits per heavy atom. The number of hydrogen-bond acceptors (Lipinski definition) is 1. The number of benzene rings is 1. The van der Waals surface area contributed by atoms with Crippen molar-refractivity contribution in [3.63, 3.8) is 0 Å². The van der Waals surface area contributed by atoms with Crippen LogP contribution >= 0.6 is 22.6 Å². The zero-order valence-corrected chi connectivity index (χ0v) is 11.0. The molecule has 0 aliphatic rings. The molecular formula is C12H18IN. The van der Waals surface area contributed by atoms with Gasteiger partial charge in [-0.2, -0.15) is 0 Å². The average Bonchev–Trinajstić information content (AvgIpc) is 2.20. The van der Waals surface area contributed by atoms with Gasteiger partial charge in [0.05, 0.1) is 0 Å². The van der Waals surface area contributed by atoms with Crippen molar-refractivity contribution < 1.29 is 0 Å². The molecule has 1 nitrogen and oxygen atoms in total. The molecule has 0 saturated heterocycles. The second-order valence-electron chi connectivity index (χ2n) is 3.49. The van der Waals surface area contributed by atoms with Gasteiger partial charge in [0.2, 0.25) is 0 Å². The van der Waals surface area contributed by atoms with Crippen molar-refractivity contribution >= 4 is 22.6 Å². The zero-order valence-electron chi connectivity index (χ0n) is 8.89. The first-order valence-electron chi connectivity index (χ1n) is 5.24. The van der Waals surface area contributed by atoms with E-state index < -0.39 is 0 Å². The van der Waals surface area contributed by atoms with Gasteiger partial charge in [0.15, 0.2) is 0 Å². The Morgan fingerprint density at radius 1 is 1.21 bits per heavy atom. The van der Waals surface area contributed by atoms with E-state index in [-0.39, 0.29) is 0 Å². The molecule has 1 aromatic carbocycles. The highest BCUT2D eigenvalue weighted by Crippen LogP contribution is 2.09. The summed E-state index contributed by atoms with van der Waals surface area (Å²) in [6.45, 7) is 5.46. The lowest BCUT2D eigenvalue weighted by molar-refractivity contribution is 0.510. The van der Waals surface area contributed by atoms with E-state index >= 15 is 0 Å². The summed E-state index contributed by atoms with van der Waals surface area (Å²) in [5, 5.41) is 3.49. The van der Waals surface area contributed by atoms with Crippen LogP contribution in [0.5, 0.6) is 0 Å². The molecule has 78 valence electrons. The van der Waals surface area contributed by atoms with E-state index in [1.54, 1.807) is 0 Å². The van der Waals surface area contributed by atoms with Gasteiger partial charge in [-0.1, -0.05) is 26.0 Å². The first kappa shape index (κ1) is 12.0. The molecule has 0 aliphatic carbocycles. The lowest BCUT2D eigenvalue weighted by Gasteiger charge is -2.15. The van der Waals surface area contributed by atoms with Crippen molar-refractivity contribution in [1.82, 2.24) is 5.32 Å². The summed E-state index contributed by atoms with van der Waals surface area (Å²) in [6, 6.07) is 9.42. The monoisotopic (exact) mass is 303 g/mol. The van der Waals surface area contributed by atoms with E-state index in [0.717, 1.165) is 13.0 Å². The van der Waals surface area contributed by atoms with E-state index in [4.69, 9.17) is 0 Å². The van der Waals surface area contributed by atoms with E-state index in [1.807, 2.05) is 0 Å². The van der Waals surface area contributed by atoms with Crippen LogP contribution in [0.2, 0.25) is 0 Å². The largest absolute Gasteiger partial charge is 0.314 e. The molecule has 1 N–H and O–H groups in total. The Labute approximate surface area is 100 Å². The van der Waals surface area contributed by atoms with Crippen molar-refractivity contribution in [3.8, 4) is 0 Å². The van der Waals surface area contributed by atoms with Gasteiger partial charge in [-0.05, 0) is 59.7 Å². The minimum absolute atomic E-state index is 0.625. The Balaban J connectivity index is 2.53. The third-order valence-corrected chi connectivity index (χ3v) is 3.10. The Hall–Kier alpha value is -0.0900. The van der Waals surface area contributed by atoms with E-state index in [1.165, 1.54) is 15.6 Å². The number of likely N-dealkylation sites (N-methyl/N-ethyl adjacent to an activating group) is 1. The molecule has 0 saturated carbocycles. The molecule has 0 fully saturated rings. The fourth-order valence-electron chi connectivity index (χ4n) is 1.55. The molecule has 1 aromatic rings. The number of rotatable bonds is 5. The highest BCUT2D eigenvalue weighted by atomic mass is 127. The van der Waals surface area contributed by atoms with Crippen LogP contribution in [0.25, 0.3) is 0 Å². The molecule has 2 heteroatoms. The zero-order chi connectivity index (χ0) is 10.4. The first-order chi connectivity index (χ1) is 6.76. The maximum atomic E-state index is 3.49. The van der Waals surface area contributed by atoms with Gasteiger partial charge < -0.3 is 5.32 Å². The summed E-state index contributed by atoms with van der Waals surface area (Å²) >= 11 is 2.34. The topological polar surface area (TPSA) is 12.0 Å². The maximum absolute atomic E-state index is 3.49. The normalized spacial score (nSPS) is 12.8. The first-order valence-corrected chi connectivity index (χ1v) is 6.32. The summed E-state index contributed by atoms with van der Waals surface area (Å²) in [7, 11) is 0. The molecular weight excluding hydrogens is 285 g/mol. The summed E-state index contributed by atoms with van der Waals surface area (Å²) in [5.41, 5.74) is 1.43. The smallest absolute Gasteiger partial charge is 0.0130 e. The molecule has 14 heavy (non-hydrogen) atoms. The van der Waals surface area contributed by atoms with Gasteiger partial charge in [0.25, 0.3) is 0 Å². The van der Waals surface area contributed by atoms with Gasteiger partial charge in [0.1, 0.15) is 0 Å². The van der Waals surface area contributed by atoms with Gasteiger partial charge >= 0.3 is 0 Å². The van der Waals surface area contributed by atoms with Gasteiger partial charge in [-0.15, -0.1) is 0 Å². The van der Waals surface area contributed by atoms with Crippen molar-refractivity contribution in [3.05, 3.63) is 33.4 Å². The molecule has 1 rings (SSSR count). The Kier molecular flexibility index (Phi) is 5.48. The van der Waals surface area contributed by atoms with Gasteiger partial charge in [-0.3, -0.25) is 0 Å². The highest BCUT2D eigenvalue weighted by Gasteiger charge is 2.04. The van der Waals surface area contributed by atoms with Crippen LogP contribution in [0.3, 0.4) is 0 Å². The number of halogens is 1. The molecule has 1 unspecified atom stereocenters. The minimum atomic E-state index is 0.625. The minimum Gasteiger partial charge on any atom is -0.314 e. The summed E-state index contributed by atoms with van der Waals surface area (Å²) < 4.78 is 1.31. The average molecular weight is 303 g/mol. The van der Waals surface area contributed by atoms with Crippen molar-refractivity contribution in [1.29, 1.82) is 0 Å². The SMILES string of the molecule is CCNC(CC)Cc1ccc(I)cc1. The van der Waals surface area contributed by atoms with Gasteiger partial charge in [-0.25, -0.2) is 0 Å². The number of nitrogens with one attached hydrogen (secondary N) is 1. The standard InChI is InChI=1S/C12H18IN/c1-3-12(14-4-2)9-10-5-7-11(13)8-6-10/h5-8,12,14H,3-4,9H2,1-2H3. The summed E-state index contributed by atoms with van der Waals surface area (Å²) in [5.74, 6) is 0. The van der Waals surface area contributed by atoms with E-state index in [0.29, 0.717) is 6.04 Å². The van der Waals surface area contributed by atoms with Crippen LogP contribution in [0.1, 0.15) is 25.8 Å². The van der Waals surface area contributed by atoms with Crippen LogP contribution in [0.15, 0.2) is 24.3 Å². The maximum Gasteiger partial charge on any atom is 0.0130 e. The molecule has 0 amide bonds. The molecule has 0 radical (unpaired) electrons. The van der Waals surface area contributed by atoms with Crippen molar-refractivity contribution in [2.24, 2.45) is 0 Å². The van der Waals surface area contributed by atoms with Crippen LogP contribution < -0.4 is 5.32 Å². The van der Waals surface area contributed by atoms with Gasteiger partial charge in [0, 0.05) is 9.61 Å². The molecule has 0 bridgehead atoms. The summed E-state index contributed by atoms with van der Waals surface area (Å²) in [6.07, 6.45) is 2.33.